The minimum atomic E-state index is -0.0435. The van der Waals surface area contributed by atoms with Gasteiger partial charge in [0.2, 0.25) is 0 Å². The Hall–Kier alpha value is -2.44. The van der Waals surface area contributed by atoms with Gasteiger partial charge in [0.15, 0.2) is 0 Å². The number of fused-ring (bicyclic) bond motifs is 1. The molecular formula is C28H35N3O2S. The Bertz CT molecular complexity index is 1050. The number of nitrogens with zero attached hydrogens (tertiary/aromatic N) is 3. The van der Waals surface area contributed by atoms with Crippen LogP contribution in [-0.2, 0) is 16.1 Å². The fourth-order valence-corrected chi connectivity index (χ4v) is 6.20. The summed E-state index contributed by atoms with van der Waals surface area (Å²) in [5.74, 6) is 2.42. The van der Waals surface area contributed by atoms with Gasteiger partial charge in [-0.1, -0.05) is 55.3 Å². The van der Waals surface area contributed by atoms with E-state index >= 15 is 0 Å². The Labute approximate surface area is 206 Å². The lowest BCUT2D eigenvalue weighted by Gasteiger charge is -2.36. The van der Waals surface area contributed by atoms with Crippen molar-refractivity contribution in [3.8, 4) is 0 Å². The molecule has 1 aliphatic heterocycles. The molecule has 1 aliphatic carbocycles. The van der Waals surface area contributed by atoms with Crippen molar-refractivity contribution in [3.63, 3.8) is 0 Å². The van der Waals surface area contributed by atoms with Gasteiger partial charge in [0, 0.05) is 38.0 Å². The van der Waals surface area contributed by atoms with Crippen LogP contribution >= 0.6 is 11.5 Å². The first-order valence-corrected chi connectivity index (χ1v) is 13.5. The first kappa shape index (κ1) is 23.3. The van der Waals surface area contributed by atoms with Gasteiger partial charge in [-0.15, -0.1) is 0 Å². The lowest BCUT2D eigenvalue weighted by atomic mass is 9.79. The molecule has 0 bridgehead atoms. The molecule has 0 unspecified atom stereocenters. The van der Waals surface area contributed by atoms with Gasteiger partial charge in [0.25, 0.3) is 0 Å². The van der Waals surface area contributed by atoms with Crippen molar-refractivity contribution in [1.82, 2.24) is 9.27 Å². The fraction of sp³-hybridized carbons (Fsp3) is 0.500. The molecule has 180 valence electrons. The van der Waals surface area contributed by atoms with Crippen molar-refractivity contribution < 1.29 is 9.53 Å². The fourth-order valence-electron chi connectivity index (χ4n) is 5.41. The Kier molecular flexibility index (Phi) is 7.76. The van der Waals surface area contributed by atoms with Crippen LogP contribution in [0.5, 0.6) is 0 Å². The van der Waals surface area contributed by atoms with Gasteiger partial charge in [-0.3, -0.25) is 9.69 Å². The van der Waals surface area contributed by atoms with Gasteiger partial charge in [0.1, 0.15) is 12.4 Å². The molecule has 6 heteroatoms. The van der Waals surface area contributed by atoms with Gasteiger partial charge in [0.05, 0.1) is 4.70 Å². The number of hydrogen-bond donors (Lipinski definition) is 0. The maximum atomic E-state index is 12.2. The van der Waals surface area contributed by atoms with E-state index in [4.69, 9.17) is 9.11 Å². The SMILES string of the molecule is O=C(CC1CCC(CCN2CCN(c3nsc4ccccc34)CC2)CC1)OCc1ccccc1. The Morgan fingerprint density at radius 1 is 0.912 bits per heavy atom. The molecule has 34 heavy (non-hydrogen) atoms. The average Bonchev–Trinajstić information content (AvgIpc) is 3.32. The second kappa shape index (κ2) is 11.3. The number of aromatic nitrogens is 1. The van der Waals surface area contributed by atoms with Gasteiger partial charge >= 0.3 is 5.97 Å². The van der Waals surface area contributed by atoms with Crippen LogP contribution in [0.2, 0.25) is 0 Å². The Balaban J connectivity index is 0.981. The number of anilines is 1. The number of carbonyl (C=O) groups is 1. The summed E-state index contributed by atoms with van der Waals surface area (Å²) >= 11 is 1.61. The third kappa shape index (κ3) is 5.97. The number of ether oxygens (including phenoxy) is 1. The topological polar surface area (TPSA) is 45.7 Å². The predicted molar refractivity (Wildman–Crippen MR) is 139 cm³/mol. The lowest BCUT2D eigenvalue weighted by molar-refractivity contribution is -0.146. The highest BCUT2D eigenvalue weighted by atomic mass is 32.1. The average molecular weight is 478 g/mol. The summed E-state index contributed by atoms with van der Waals surface area (Å²) in [4.78, 5) is 17.3. The second-order valence-electron chi connectivity index (χ2n) is 9.86. The van der Waals surface area contributed by atoms with Crippen LogP contribution in [0.3, 0.4) is 0 Å². The van der Waals surface area contributed by atoms with Crippen LogP contribution < -0.4 is 4.90 Å². The number of carbonyl (C=O) groups excluding carboxylic acids is 1. The van der Waals surface area contributed by atoms with E-state index < -0.39 is 0 Å². The van der Waals surface area contributed by atoms with E-state index in [2.05, 4.69) is 34.1 Å². The summed E-state index contributed by atoms with van der Waals surface area (Å²) in [5.41, 5.74) is 1.06. The molecule has 0 N–H and O–H groups in total. The number of rotatable bonds is 8. The zero-order valence-corrected chi connectivity index (χ0v) is 20.7. The summed E-state index contributed by atoms with van der Waals surface area (Å²) in [7, 11) is 0. The molecule has 2 aliphatic rings. The second-order valence-corrected chi connectivity index (χ2v) is 10.7. The quantitative estimate of drug-likeness (QED) is 0.387. The third-order valence-electron chi connectivity index (χ3n) is 7.55. The summed E-state index contributed by atoms with van der Waals surface area (Å²) in [6, 6.07) is 18.5. The predicted octanol–water partition coefficient (Wildman–Crippen LogP) is 5.75. The van der Waals surface area contributed by atoms with Gasteiger partial charge in [-0.25, -0.2) is 0 Å². The molecule has 1 saturated heterocycles. The molecule has 3 aromatic rings. The van der Waals surface area contributed by atoms with E-state index in [-0.39, 0.29) is 5.97 Å². The van der Waals surface area contributed by atoms with Gasteiger partial charge < -0.3 is 9.64 Å². The molecule has 0 radical (unpaired) electrons. The molecule has 2 heterocycles. The van der Waals surface area contributed by atoms with Crippen LogP contribution in [0, 0.1) is 11.8 Å². The van der Waals surface area contributed by atoms with Crippen LogP contribution in [0.4, 0.5) is 5.82 Å². The smallest absolute Gasteiger partial charge is 0.306 e. The number of hydrogen-bond acceptors (Lipinski definition) is 6. The highest BCUT2D eigenvalue weighted by Crippen LogP contribution is 2.33. The molecule has 5 nitrogen and oxygen atoms in total. The highest BCUT2D eigenvalue weighted by Gasteiger charge is 2.25. The summed E-state index contributed by atoms with van der Waals surface area (Å²) in [5, 5.41) is 1.29. The molecule has 2 aromatic carbocycles. The van der Waals surface area contributed by atoms with Crippen molar-refractivity contribution in [2.45, 2.75) is 45.1 Å². The third-order valence-corrected chi connectivity index (χ3v) is 8.37. The van der Waals surface area contributed by atoms with E-state index in [0.717, 1.165) is 50.5 Å². The zero-order valence-electron chi connectivity index (χ0n) is 19.9. The van der Waals surface area contributed by atoms with Gasteiger partial charge in [-0.2, -0.15) is 4.37 Å². The number of esters is 1. The maximum Gasteiger partial charge on any atom is 0.306 e. The van der Waals surface area contributed by atoms with Crippen molar-refractivity contribution in [2.24, 2.45) is 11.8 Å². The van der Waals surface area contributed by atoms with E-state index in [1.54, 1.807) is 11.5 Å². The molecular weight excluding hydrogens is 442 g/mol. The van der Waals surface area contributed by atoms with E-state index in [0.29, 0.717) is 18.9 Å². The summed E-state index contributed by atoms with van der Waals surface area (Å²) < 4.78 is 11.5. The summed E-state index contributed by atoms with van der Waals surface area (Å²) in [6.07, 6.45) is 6.69. The van der Waals surface area contributed by atoms with E-state index in [9.17, 15) is 4.79 Å². The molecule has 0 spiro atoms. The Morgan fingerprint density at radius 3 is 2.41 bits per heavy atom. The number of piperazine rings is 1. The molecule has 0 amide bonds. The lowest BCUT2D eigenvalue weighted by Crippen LogP contribution is -2.47. The van der Waals surface area contributed by atoms with Crippen LogP contribution in [-0.4, -0.2) is 48.0 Å². The molecule has 2 fully saturated rings. The maximum absolute atomic E-state index is 12.2. The van der Waals surface area contributed by atoms with Crippen molar-refractivity contribution in [2.75, 3.05) is 37.6 Å². The molecule has 0 atom stereocenters. The van der Waals surface area contributed by atoms with Crippen molar-refractivity contribution in [1.29, 1.82) is 0 Å². The highest BCUT2D eigenvalue weighted by molar-refractivity contribution is 7.13. The van der Waals surface area contributed by atoms with E-state index in [1.165, 1.54) is 41.7 Å². The monoisotopic (exact) mass is 477 g/mol. The largest absolute Gasteiger partial charge is 0.461 e. The van der Waals surface area contributed by atoms with Crippen LogP contribution in [0.25, 0.3) is 10.1 Å². The molecule has 1 saturated carbocycles. The minimum absolute atomic E-state index is 0.0435. The zero-order chi connectivity index (χ0) is 23.2. The van der Waals surface area contributed by atoms with Crippen molar-refractivity contribution in [3.05, 3.63) is 60.2 Å². The molecule has 1 aromatic heterocycles. The standard InChI is InChI=1S/C28H35N3O2S/c32-27(33-21-24-6-2-1-3-7-24)20-23-12-10-22(11-13-23)14-15-30-16-18-31(19-17-30)28-25-8-4-5-9-26(25)34-29-28/h1-9,22-23H,10-21H2. The summed E-state index contributed by atoms with van der Waals surface area (Å²) in [6.45, 7) is 5.95. The van der Waals surface area contributed by atoms with Crippen LogP contribution in [0.1, 0.15) is 44.1 Å². The first-order chi connectivity index (χ1) is 16.7. The normalized spacial score (nSPS) is 21.6. The minimum Gasteiger partial charge on any atom is -0.461 e. The number of benzene rings is 2. The van der Waals surface area contributed by atoms with Gasteiger partial charge in [-0.05, 0) is 66.9 Å². The van der Waals surface area contributed by atoms with Crippen molar-refractivity contribution >= 4 is 33.4 Å². The first-order valence-electron chi connectivity index (χ1n) is 12.8. The van der Waals surface area contributed by atoms with E-state index in [1.807, 2.05) is 30.3 Å². The van der Waals surface area contributed by atoms with Crippen LogP contribution in [0.15, 0.2) is 54.6 Å². The molecule has 5 rings (SSSR count). The Morgan fingerprint density at radius 2 is 1.62 bits per heavy atom.